The van der Waals surface area contributed by atoms with E-state index in [4.69, 9.17) is 25.8 Å². The van der Waals surface area contributed by atoms with Gasteiger partial charge >= 0.3 is 0 Å². The molecule has 0 unspecified atom stereocenters. The van der Waals surface area contributed by atoms with Crippen LogP contribution in [-0.4, -0.2) is 31.3 Å². The number of nitrogens with one attached hydrogen (secondary N) is 1. The third kappa shape index (κ3) is 6.44. The minimum absolute atomic E-state index is 0.549. The fraction of sp³-hybridized carbons (Fsp3) is 0.421. The van der Waals surface area contributed by atoms with Crippen LogP contribution in [0.3, 0.4) is 0 Å². The van der Waals surface area contributed by atoms with E-state index in [9.17, 15) is 0 Å². The van der Waals surface area contributed by atoms with Crippen molar-refractivity contribution in [1.82, 2.24) is 10.3 Å². The summed E-state index contributed by atoms with van der Waals surface area (Å²) in [6.45, 7) is 7.15. The number of rotatable bonds is 11. The largest absolute Gasteiger partial charge is 0.490 e. The lowest BCUT2D eigenvalue weighted by Gasteiger charge is -2.14. The Morgan fingerprint density at radius 3 is 2.64 bits per heavy atom. The SMILES string of the molecule is CCOc1cc(CNCCCOc2ccccn2)cc(Cl)c1OCC. The summed E-state index contributed by atoms with van der Waals surface area (Å²) < 4.78 is 16.8. The molecule has 1 heterocycles. The van der Waals surface area contributed by atoms with E-state index in [1.165, 1.54) is 0 Å². The number of nitrogens with zero attached hydrogens (tertiary/aromatic N) is 1. The highest BCUT2D eigenvalue weighted by molar-refractivity contribution is 6.32. The van der Waals surface area contributed by atoms with Gasteiger partial charge in [-0.05, 0) is 50.6 Å². The summed E-state index contributed by atoms with van der Waals surface area (Å²) in [5, 5.41) is 3.95. The summed E-state index contributed by atoms with van der Waals surface area (Å²) in [7, 11) is 0. The highest BCUT2D eigenvalue weighted by Crippen LogP contribution is 2.36. The van der Waals surface area contributed by atoms with Gasteiger partial charge in [-0.3, -0.25) is 0 Å². The highest BCUT2D eigenvalue weighted by Gasteiger charge is 2.12. The van der Waals surface area contributed by atoms with Gasteiger partial charge in [0.05, 0.1) is 24.8 Å². The van der Waals surface area contributed by atoms with Crippen molar-refractivity contribution in [2.45, 2.75) is 26.8 Å². The molecule has 0 saturated carbocycles. The van der Waals surface area contributed by atoms with Crippen LogP contribution in [0.5, 0.6) is 17.4 Å². The molecule has 136 valence electrons. The number of benzene rings is 1. The molecule has 0 aliphatic carbocycles. The second kappa shape index (κ2) is 10.8. The van der Waals surface area contributed by atoms with Crippen molar-refractivity contribution in [3.8, 4) is 17.4 Å². The van der Waals surface area contributed by atoms with Gasteiger partial charge in [0.1, 0.15) is 0 Å². The first kappa shape index (κ1) is 19.3. The van der Waals surface area contributed by atoms with E-state index in [0.29, 0.717) is 48.8 Å². The normalized spacial score (nSPS) is 10.5. The summed E-state index contributed by atoms with van der Waals surface area (Å²) in [5.41, 5.74) is 1.06. The second-order valence-electron chi connectivity index (χ2n) is 5.32. The van der Waals surface area contributed by atoms with Crippen molar-refractivity contribution < 1.29 is 14.2 Å². The molecule has 2 aromatic rings. The van der Waals surface area contributed by atoms with Crippen molar-refractivity contribution in [2.75, 3.05) is 26.4 Å². The summed E-state index contributed by atoms with van der Waals surface area (Å²) in [5.74, 6) is 1.95. The van der Waals surface area contributed by atoms with Gasteiger partial charge in [-0.25, -0.2) is 4.98 Å². The van der Waals surface area contributed by atoms with Crippen LogP contribution in [0.15, 0.2) is 36.5 Å². The maximum atomic E-state index is 6.32. The number of ether oxygens (including phenoxy) is 3. The lowest BCUT2D eigenvalue weighted by atomic mass is 10.2. The zero-order valence-corrected chi connectivity index (χ0v) is 15.5. The zero-order chi connectivity index (χ0) is 17.9. The average molecular weight is 365 g/mol. The molecule has 0 fully saturated rings. The van der Waals surface area contributed by atoms with Crippen molar-refractivity contribution in [2.24, 2.45) is 0 Å². The Hall–Kier alpha value is -1.98. The van der Waals surface area contributed by atoms with E-state index in [-0.39, 0.29) is 0 Å². The van der Waals surface area contributed by atoms with Gasteiger partial charge in [0.2, 0.25) is 5.88 Å². The molecule has 2 rings (SSSR count). The Bertz CT molecular complexity index is 638. The van der Waals surface area contributed by atoms with Gasteiger partial charge in [-0.1, -0.05) is 17.7 Å². The summed E-state index contributed by atoms with van der Waals surface area (Å²) in [6, 6.07) is 9.51. The van der Waals surface area contributed by atoms with Gasteiger partial charge in [0, 0.05) is 18.8 Å². The highest BCUT2D eigenvalue weighted by atomic mass is 35.5. The molecular weight excluding hydrogens is 340 g/mol. The van der Waals surface area contributed by atoms with Crippen molar-refractivity contribution in [3.63, 3.8) is 0 Å². The smallest absolute Gasteiger partial charge is 0.213 e. The maximum Gasteiger partial charge on any atom is 0.213 e. The second-order valence-corrected chi connectivity index (χ2v) is 5.72. The Labute approximate surface area is 154 Å². The summed E-state index contributed by atoms with van der Waals surface area (Å²) in [4.78, 5) is 4.12. The molecule has 0 saturated heterocycles. The van der Waals surface area contributed by atoms with Crippen LogP contribution < -0.4 is 19.5 Å². The quantitative estimate of drug-likeness (QED) is 0.608. The van der Waals surface area contributed by atoms with Gasteiger partial charge in [0.15, 0.2) is 11.5 Å². The molecule has 5 nitrogen and oxygen atoms in total. The van der Waals surface area contributed by atoms with E-state index in [1.54, 1.807) is 6.20 Å². The lowest BCUT2D eigenvalue weighted by molar-refractivity contribution is 0.287. The fourth-order valence-corrected chi connectivity index (χ4v) is 2.60. The van der Waals surface area contributed by atoms with E-state index >= 15 is 0 Å². The minimum Gasteiger partial charge on any atom is -0.490 e. The monoisotopic (exact) mass is 364 g/mol. The molecule has 6 heteroatoms. The van der Waals surface area contributed by atoms with E-state index in [0.717, 1.165) is 18.5 Å². The Morgan fingerprint density at radius 1 is 1.08 bits per heavy atom. The fourth-order valence-electron chi connectivity index (χ4n) is 2.31. The molecule has 0 aliphatic rings. The van der Waals surface area contributed by atoms with E-state index in [1.807, 2.05) is 44.2 Å². The van der Waals surface area contributed by atoms with Gasteiger partial charge < -0.3 is 19.5 Å². The zero-order valence-electron chi connectivity index (χ0n) is 14.8. The molecule has 0 aliphatic heterocycles. The molecule has 1 N–H and O–H groups in total. The van der Waals surface area contributed by atoms with Crippen LogP contribution in [0.2, 0.25) is 5.02 Å². The Kier molecular flexibility index (Phi) is 8.35. The van der Waals surface area contributed by atoms with Crippen LogP contribution in [-0.2, 0) is 6.54 Å². The molecule has 0 atom stereocenters. The Morgan fingerprint density at radius 2 is 1.92 bits per heavy atom. The Balaban J connectivity index is 1.78. The third-order valence-corrected chi connectivity index (χ3v) is 3.65. The van der Waals surface area contributed by atoms with Crippen LogP contribution in [0, 0.1) is 0 Å². The molecule has 25 heavy (non-hydrogen) atoms. The number of hydrogen-bond donors (Lipinski definition) is 1. The number of hydrogen-bond acceptors (Lipinski definition) is 5. The average Bonchev–Trinajstić information content (AvgIpc) is 2.62. The van der Waals surface area contributed by atoms with Crippen molar-refractivity contribution in [1.29, 1.82) is 0 Å². The first-order chi connectivity index (χ1) is 12.2. The molecule has 0 spiro atoms. The molecule has 0 radical (unpaired) electrons. The first-order valence-corrected chi connectivity index (χ1v) is 8.95. The molecule has 1 aromatic heterocycles. The first-order valence-electron chi connectivity index (χ1n) is 8.57. The molecular formula is C19H25ClN2O3. The van der Waals surface area contributed by atoms with Crippen LogP contribution >= 0.6 is 11.6 Å². The summed E-state index contributed by atoms with van der Waals surface area (Å²) >= 11 is 6.32. The van der Waals surface area contributed by atoms with Gasteiger partial charge in [0.25, 0.3) is 0 Å². The van der Waals surface area contributed by atoms with Crippen molar-refractivity contribution >= 4 is 11.6 Å². The summed E-state index contributed by atoms with van der Waals surface area (Å²) in [6.07, 6.45) is 2.61. The predicted octanol–water partition coefficient (Wildman–Crippen LogP) is 4.09. The number of pyridine rings is 1. The van der Waals surface area contributed by atoms with Crippen LogP contribution in [0.4, 0.5) is 0 Å². The minimum atomic E-state index is 0.549. The number of aromatic nitrogens is 1. The van der Waals surface area contributed by atoms with E-state index < -0.39 is 0 Å². The predicted molar refractivity (Wildman–Crippen MR) is 99.8 cm³/mol. The van der Waals surface area contributed by atoms with E-state index in [2.05, 4.69) is 10.3 Å². The maximum absolute atomic E-state index is 6.32. The van der Waals surface area contributed by atoms with Crippen molar-refractivity contribution in [3.05, 3.63) is 47.1 Å². The molecule has 1 aromatic carbocycles. The van der Waals surface area contributed by atoms with Gasteiger partial charge in [-0.15, -0.1) is 0 Å². The van der Waals surface area contributed by atoms with Gasteiger partial charge in [-0.2, -0.15) is 0 Å². The topological polar surface area (TPSA) is 52.6 Å². The van der Waals surface area contributed by atoms with Crippen LogP contribution in [0.1, 0.15) is 25.8 Å². The lowest BCUT2D eigenvalue weighted by Crippen LogP contribution is -2.17. The third-order valence-electron chi connectivity index (χ3n) is 3.37. The molecule has 0 bridgehead atoms. The molecule has 0 amide bonds. The number of halogens is 1. The standard InChI is InChI=1S/C19H25ClN2O3/c1-3-23-17-13-15(12-16(20)19(17)24-4-2)14-21-9-7-11-25-18-8-5-6-10-22-18/h5-6,8,10,12-13,21H,3-4,7,9,11,14H2,1-2H3. The van der Waals surface area contributed by atoms with Crippen LogP contribution in [0.25, 0.3) is 0 Å².